The second-order valence-corrected chi connectivity index (χ2v) is 6.22. The lowest BCUT2D eigenvalue weighted by Crippen LogP contribution is -2.33. The maximum Gasteiger partial charge on any atom is 0.255 e. The lowest BCUT2D eigenvalue weighted by molar-refractivity contribution is -0.0640. The number of rotatable bonds is 6. The van der Waals surface area contributed by atoms with Crippen LogP contribution in [0.4, 0.5) is 5.69 Å². The molecule has 1 aliphatic heterocycles. The van der Waals surface area contributed by atoms with E-state index in [0.29, 0.717) is 46.4 Å². The molecule has 0 fully saturated rings. The third-order valence-electron chi connectivity index (χ3n) is 4.42. The molecule has 7 nitrogen and oxygen atoms in total. The Bertz CT molecular complexity index is 841. The van der Waals surface area contributed by atoms with Crippen molar-refractivity contribution >= 4 is 11.6 Å². The van der Waals surface area contributed by atoms with Gasteiger partial charge in [0.25, 0.3) is 5.91 Å². The monoisotopic (exact) mass is 373 g/mol. The summed E-state index contributed by atoms with van der Waals surface area (Å²) in [5.74, 6) is 1.51. The molecule has 1 unspecified atom stereocenters. The number of hydrogen-bond acceptors (Lipinski definition) is 6. The first-order valence-electron chi connectivity index (χ1n) is 8.56. The van der Waals surface area contributed by atoms with Gasteiger partial charge in [-0.1, -0.05) is 6.92 Å². The molecule has 0 saturated carbocycles. The van der Waals surface area contributed by atoms with Gasteiger partial charge in [-0.3, -0.25) is 4.79 Å². The minimum absolute atomic E-state index is 0.314. The molecule has 0 aliphatic carbocycles. The summed E-state index contributed by atoms with van der Waals surface area (Å²) in [6.45, 7) is 3.86. The van der Waals surface area contributed by atoms with Gasteiger partial charge in [-0.25, -0.2) is 0 Å². The van der Waals surface area contributed by atoms with Crippen molar-refractivity contribution in [3.05, 3.63) is 35.9 Å². The van der Waals surface area contributed by atoms with Gasteiger partial charge >= 0.3 is 0 Å². The molecule has 0 saturated heterocycles. The number of fused-ring (bicyclic) bond motifs is 1. The van der Waals surface area contributed by atoms with E-state index in [1.807, 2.05) is 13.8 Å². The normalized spacial score (nSPS) is 17.4. The minimum Gasteiger partial charge on any atom is -0.493 e. The van der Waals surface area contributed by atoms with Crippen LogP contribution in [0.25, 0.3) is 0 Å². The summed E-state index contributed by atoms with van der Waals surface area (Å²) in [4.78, 5) is 12.7. The Hall–Kier alpha value is -3.09. The molecular formula is C20H23NO6. The van der Waals surface area contributed by atoms with Gasteiger partial charge in [0.2, 0.25) is 11.5 Å². The van der Waals surface area contributed by atoms with Crippen molar-refractivity contribution in [2.45, 2.75) is 26.1 Å². The van der Waals surface area contributed by atoms with Gasteiger partial charge in [0.1, 0.15) is 0 Å². The zero-order valence-electron chi connectivity index (χ0n) is 16.0. The molecule has 7 heteroatoms. The highest BCUT2D eigenvalue weighted by Crippen LogP contribution is 2.42. The maximum atomic E-state index is 12.7. The van der Waals surface area contributed by atoms with Crippen LogP contribution >= 0.6 is 0 Å². The smallest absolute Gasteiger partial charge is 0.255 e. The second kappa shape index (κ2) is 7.26. The average Bonchev–Trinajstić information content (AvgIpc) is 3.02. The van der Waals surface area contributed by atoms with Crippen molar-refractivity contribution in [3.63, 3.8) is 0 Å². The summed E-state index contributed by atoms with van der Waals surface area (Å²) in [5.41, 5.74) is 0.969. The summed E-state index contributed by atoms with van der Waals surface area (Å²) < 4.78 is 27.5. The Morgan fingerprint density at radius 1 is 1.00 bits per heavy atom. The Kier molecular flexibility index (Phi) is 5.03. The number of anilines is 1. The summed E-state index contributed by atoms with van der Waals surface area (Å²) in [7, 11) is 4.51. The average molecular weight is 373 g/mol. The maximum absolute atomic E-state index is 12.7. The van der Waals surface area contributed by atoms with Crippen LogP contribution in [0.1, 0.15) is 30.6 Å². The van der Waals surface area contributed by atoms with E-state index >= 15 is 0 Å². The van der Waals surface area contributed by atoms with Crippen LogP contribution in [0.5, 0.6) is 28.7 Å². The minimum atomic E-state index is -0.679. The molecule has 2 aromatic carbocycles. The van der Waals surface area contributed by atoms with E-state index in [-0.39, 0.29) is 5.91 Å². The van der Waals surface area contributed by atoms with E-state index < -0.39 is 5.79 Å². The quantitative estimate of drug-likeness (QED) is 0.829. The number of amides is 1. The molecule has 27 heavy (non-hydrogen) atoms. The fourth-order valence-electron chi connectivity index (χ4n) is 2.80. The molecule has 1 aliphatic rings. The van der Waals surface area contributed by atoms with E-state index in [1.165, 1.54) is 21.3 Å². The van der Waals surface area contributed by atoms with Crippen LogP contribution in [0, 0.1) is 0 Å². The number of benzene rings is 2. The van der Waals surface area contributed by atoms with Gasteiger partial charge in [-0.15, -0.1) is 0 Å². The number of carbonyl (C=O) groups excluding carboxylic acids is 1. The molecule has 144 valence electrons. The van der Waals surface area contributed by atoms with Crippen molar-refractivity contribution in [2.75, 3.05) is 26.6 Å². The van der Waals surface area contributed by atoms with Crippen LogP contribution in [0.15, 0.2) is 30.3 Å². The predicted molar refractivity (Wildman–Crippen MR) is 100 cm³/mol. The lowest BCUT2D eigenvalue weighted by atomic mass is 10.1. The van der Waals surface area contributed by atoms with Gasteiger partial charge in [-0.05, 0) is 24.3 Å². The third-order valence-corrected chi connectivity index (χ3v) is 4.42. The fourth-order valence-corrected chi connectivity index (χ4v) is 2.80. The Balaban J connectivity index is 1.84. The number of methoxy groups -OCH3 is 3. The Morgan fingerprint density at radius 2 is 1.63 bits per heavy atom. The molecule has 0 bridgehead atoms. The van der Waals surface area contributed by atoms with Crippen molar-refractivity contribution in [1.82, 2.24) is 0 Å². The van der Waals surface area contributed by atoms with Crippen molar-refractivity contribution in [3.8, 4) is 28.7 Å². The molecule has 1 amide bonds. The van der Waals surface area contributed by atoms with Crippen molar-refractivity contribution < 1.29 is 28.5 Å². The van der Waals surface area contributed by atoms with Crippen molar-refractivity contribution in [2.24, 2.45) is 0 Å². The first-order valence-corrected chi connectivity index (χ1v) is 8.56. The number of hydrogen-bond donors (Lipinski definition) is 1. The van der Waals surface area contributed by atoms with Crippen LogP contribution in [-0.4, -0.2) is 33.0 Å². The van der Waals surface area contributed by atoms with E-state index in [0.717, 1.165) is 0 Å². The SMILES string of the molecule is CCC1(C)Oc2ccc(NC(=O)c3cc(OC)c(OC)c(OC)c3)cc2O1. The first-order chi connectivity index (χ1) is 12.9. The summed E-state index contributed by atoms with van der Waals surface area (Å²) in [5, 5.41) is 2.85. The predicted octanol–water partition coefficient (Wildman–Crippen LogP) is 3.86. The first kappa shape index (κ1) is 18.7. The molecule has 1 atom stereocenters. The second-order valence-electron chi connectivity index (χ2n) is 6.22. The molecular weight excluding hydrogens is 350 g/mol. The number of ether oxygens (including phenoxy) is 5. The van der Waals surface area contributed by atoms with Gasteiger partial charge < -0.3 is 29.0 Å². The van der Waals surface area contributed by atoms with Crippen molar-refractivity contribution in [1.29, 1.82) is 0 Å². The van der Waals surface area contributed by atoms with Gasteiger partial charge in [0, 0.05) is 30.7 Å². The van der Waals surface area contributed by atoms with E-state index in [9.17, 15) is 4.79 Å². The molecule has 3 rings (SSSR count). The largest absolute Gasteiger partial charge is 0.493 e. The highest BCUT2D eigenvalue weighted by molar-refractivity contribution is 6.05. The van der Waals surface area contributed by atoms with E-state index in [1.54, 1.807) is 30.3 Å². The topological polar surface area (TPSA) is 75.3 Å². The molecule has 0 aromatic heterocycles. The third kappa shape index (κ3) is 3.58. The molecule has 2 aromatic rings. The number of carbonyl (C=O) groups is 1. The Labute approximate surface area is 158 Å². The molecule has 1 heterocycles. The zero-order chi connectivity index (χ0) is 19.6. The van der Waals surface area contributed by atoms with E-state index in [2.05, 4.69) is 5.32 Å². The molecule has 0 radical (unpaired) electrons. The Morgan fingerprint density at radius 3 is 2.19 bits per heavy atom. The zero-order valence-corrected chi connectivity index (χ0v) is 16.0. The van der Waals surface area contributed by atoms with Crippen LogP contribution < -0.4 is 29.0 Å². The summed E-state index contributed by atoms with van der Waals surface area (Å²) in [6, 6.07) is 8.47. The van der Waals surface area contributed by atoms with Gasteiger partial charge in [0.15, 0.2) is 23.0 Å². The van der Waals surface area contributed by atoms with Crippen LogP contribution in [0.3, 0.4) is 0 Å². The summed E-state index contributed by atoms with van der Waals surface area (Å²) in [6.07, 6.45) is 0.703. The van der Waals surface area contributed by atoms with Gasteiger partial charge in [-0.2, -0.15) is 0 Å². The lowest BCUT2D eigenvalue weighted by Gasteiger charge is -2.20. The van der Waals surface area contributed by atoms with Gasteiger partial charge in [0.05, 0.1) is 21.3 Å². The fraction of sp³-hybridized carbons (Fsp3) is 0.350. The van der Waals surface area contributed by atoms with E-state index in [4.69, 9.17) is 23.7 Å². The highest BCUT2D eigenvalue weighted by atomic mass is 16.7. The summed E-state index contributed by atoms with van der Waals surface area (Å²) >= 11 is 0. The number of nitrogens with one attached hydrogen (secondary N) is 1. The standard InChI is InChI=1S/C20H23NO6/c1-6-20(2)26-14-8-7-13(11-15(14)27-20)21-19(22)12-9-16(23-3)18(25-5)17(10-12)24-4/h7-11H,6H2,1-5H3,(H,21,22). The highest BCUT2D eigenvalue weighted by Gasteiger charge is 2.35. The van der Waals surface area contributed by atoms with Crippen LogP contribution in [0.2, 0.25) is 0 Å². The molecule has 1 N–H and O–H groups in total. The van der Waals surface area contributed by atoms with Crippen LogP contribution in [-0.2, 0) is 0 Å². The molecule has 0 spiro atoms.